The van der Waals surface area contributed by atoms with Crippen LogP contribution in [-0.4, -0.2) is 0 Å². The van der Waals surface area contributed by atoms with E-state index in [1.54, 1.807) is 0 Å². The molecule has 0 aromatic carbocycles. The molecule has 0 saturated heterocycles. The fourth-order valence-corrected chi connectivity index (χ4v) is 1.65. The molecule has 0 aromatic rings. The second kappa shape index (κ2) is 11.6. The lowest BCUT2D eigenvalue weighted by atomic mass is 9.92. The number of nitrogens with zero attached hydrogens (tertiary/aromatic N) is 1. The molecule has 1 nitrogen and oxygen atoms in total. The molecule has 0 heterocycles. The monoisotopic (exact) mass is 211 g/mol. The fraction of sp³-hybridized carbons (Fsp3) is 0.929. The highest BCUT2D eigenvalue weighted by Crippen LogP contribution is 2.18. The zero-order valence-electron chi connectivity index (χ0n) is 11.5. The highest BCUT2D eigenvalue weighted by atomic mass is 14.3. The van der Waals surface area contributed by atoms with Crippen molar-refractivity contribution in [2.75, 3.05) is 0 Å². The minimum Gasteiger partial charge on any atom is -0.198 e. The number of rotatable bonds is 6. The van der Waals surface area contributed by atoms with Gasteiger partial charge in [-0.2, -0.15) is 5.26 Å². The third-order valence-corrected chi connectivity index (χ3v) is 2.45. The Morgan fingerprint density at radius 3 is 1.93 bits per heavy atom. The Balaban J connectivity index is 0. The van der Waals surface area contributed by atoms with Gasteiger partial charge in [0.15, 0.2) is 0 Å². The van der Waals surface area contributed by atoms with Crippen LogP contribution < -0.4 is 0 Å². The average molecular weight is 211 g/mol. The van der Waals surface area contributed by atoms with E-state index in [0.717, 1.165) is 12.3 Å². The molecule has 0 aliphatic rings. The van der Waals surface area contributed by atoms with Gasteiger partial charge in [0.25, 0.3) is 0 Å². The molecule has 0 amide bonds. The first-order valence-corrected chi connectivity index (χ1v) is 6.45. The molecule has 2 atom stereocenters. The topological polar surface area (TPSA) is 23.8 Å². The Bertz CT molecular complexity index is 155. The molecule has 2 unspecified atom stereocenters. The Labute approximate surface area is 96.9 Å². The summed E-state index contributed by atoms with van der Waals surface area (Å²) in [6, 6.07) is 2.30. The van der Waals surface area contributed by atoms with Crippen LogP contribution in [0.4, 0.5) is 0 Å². The van der Waals surface area contributed by atoms with E-state index in [1.807, 2.05) is 20.8 Å². The van der Waals surface area contributed by atoms with Crippen molar-refractivity contribution >= 4 is 0 Å². The van der Waals surface area contributed by atoms with Crippen molar-refractivity contribution in [3.63, 3.8) is 0 Å². The van der Waals surface area contributed by atoms with Gasteiger partial charge in [-0.05, 0) is 25.2 Å². The van der Waals surface area contributed by atoms with Crippen LogP contribution in [0.25, 0.3) is 0 Å². The summed E-state index contributed by atoms with van der Waals surface area (Å²) >= 11 is 0. The van der Waals surface area contributed by atoms with Crippen molar-refractivity contribution in [1.29, 1.82) is 5.26 Å². The van der Waals surface area contributed by atoms with Crippen LogP contribution in [-0.2, 0) is 0 Å². The van der Waals surface area contributed by atoms with Gasteiger partial charge in [-0.15, -0.1) is 0 Å². The molecule has 0 aliphatic heterocycles. The predicted molar refractivity (Wildman–Crippen MR) is 68.6 cm³/mol. The Morgan fingerprint density at radius 1 is 1.00 bits per heavy atom. The van der Waals surface area contributed by atoms with Gasteiger partial charge < -0.3 is 0 Å². The summed E-state index contributed by atoms with van der Waals surface area (Å²) in [6.07, 6.45) is 4.99. The molecule has 0 aliphatic carbocycles. The van der Waals surface area contributed by atoms with E-state index in [9.17, 15) is 0 Å². The summed E-state index contributed by atoms with van der Waals surface area (Å²) in [5.74, 6) is 1.77. The summed E-state index contributed by atoms with van der Waals surface area (Å²) in [6.45, 7) is 12.8. The summed E-state index contributed by atoms with van der Waals surface area (Å²) in [5, 5.41) is 8.65. The number of hydrogen-bond donors (Lipinski definition) is 0. The van der Waals surface area contributed by atoms with E-state index in [4.69, 9.17) is 5.26 Å². The molecular formula is C14H29N. The Hall–Kier alpha value is -0.510. The van der Waals surface area contributed by atoms with E-state index in [0.29, 0.717) is 5.92 Å². The number of nitriles is 1. The lowest BCUT2D eigenvalue weighted by Gasteiger charge is -2.12. The maximum absolute atomic E-state index is 8.65. The van der Waals surface area contributed by atoms with Gasteiger partial charge >= 0.3 is 0 Å². The van der Waals surface area contributed by atoms with Crippen LogP contribution in [0.3, 0.4) is 0 Å². The third-order valence-electron chi connectivity index (χ3n) is 2.45. The first-order chi connectivity index (χ1) is 7.06. The average Bonchev–Trinajstić information content (AvgIpc) is 2.20. The molecule has 0 saturated carbocycles. The van der Waals surface area contributed by atoms with Crippen LogP contribution in [0.5, 0.6) is 0 Å². The van der Waals surface area contributed by atoms with Gasteiger partial charge in [0.2, 0.25) is 0 Å². The highest BCUT2D eigenvalue weighted by molar-refractivity contribution is 4.79. The third kappa shape index (κ3) is 13.5. The van der Waals surface area contributed by atoms with Gasteiger partial charge in [0.05, 0.1) is 6.07 Å². The van der Waals surface area contributed by atoms with Crippen LogP contribution in [0, 0.1) is 29.1 Å². The molecule has 1 heteroatoms. The maximum Gasteiger partial charge on any atom is 0.0652 e. The lowest BCUT2D eigenvalue weighted by Crippen LogP contribution is -2.02. The fourth-order valence-electron chi connectivity index (χ4n) is 1.65. The molecule has 0 N–H and O–H groups in total. The minimum absolute atomic E-state index is 0.231. The van der Waals surface area contributed by atoms with Gasteiger partial charge in [0.1, 0.15) is 0 Å². The van der Waals surface area contributed by atoms with Crippen molar-refractivity contribution in [1.82, 2.24) is 0 Å². The second-order valence-electron chi connectivity index (χ2n) is 4.70. The second-order valence-corrected chi connectivity index (χ2v) is 4.70. The van der Waals surface area contributed by atoms with E-state index in [-0.39, 0.29) is 5.92 Å². The Kier molecular flexibility index (Phi) is 13.0. The van der Waals surface area contributed by atoms with Crippen LogP contribution in [0.2, 0.25) is 0 Å². The van der Waals surface area contributed by atoms with Crippen molar-refractivity contribution in [2.45, 2.75) is 67.2 Å². The van der Waals surface area contributed by atoms with Gasteiger partial charge in [-0.1, -0.05) is 53.9 Å². The number of hydrogen-bond acceptors (Lipinski definition) is 1. The van der Waals surface area contributed by atoms with Crippen LogP contribution in [0.15, 0.2) is 0 Å². The minimum atomic E-state index is 0.231. The maximum atomic E-state index is 8.65. The van der Waals surface area contributed by atoms with Gasteiger partial charge in [-0.3, -0.25) is 0 Å². The van der Waals surface area contributed by atoms with Gasteiger partial charge in [0, 0.05) is 5.92 Å². The molecule has 0 fully saturated rings. The SMILES string of the molecule is CC.CC(C)CCCC(C)CC(C)C#N. The van der Waals surface area contributed by atoms with Crippen LogP contribution in [0.1, 0.15) is 67.2 Å². The zero-order valence-corrected chi connectivity index (χ0v) is 11.5. The van der Waals surface area contributed by atoms with E-state index in [2.05, 4.69) is 26.8 Å². The molecule has 0 bridgehead atoms. The van der Waals surface area contributed by atoms with E-state index < -0.39 is 0 Å². The molecule has 0 aromatic heterocycles. The van der Waals surface area contributed by atoms with Crippen molar-refractivity contribution in [2.24, 2.45) is 17.8 Å². The van der Waals surface area contributed by atoms with Crippen molar-refractivity contribution in [3.8, 4) is 6.07 Å². The normalized spacial score (nSPS) is 13.7. The smallest absolute Gasteiger partial charge is 0.0652 e. The molecular weight excluding hydrogens is 182 g/mol. The Morgan fingerprint density at radius 2 is 1.53 bits per heavy atom. The molecule has 0 radical (unpaired) electrons. The summed E-state index contributed by atoms with van der Waals surface area (Å²) in [5.41, 5.74) is 0. The zero-order chi connectivity index (χ0) is 12.3. The predicted octanol–water partition coefficient (Wildman–Crippen LogP) is 5.02. The quantitative estimate of drug-likeness (QED) is 0.605. The summed E-state index contributed by atoms with van der Waals surface area (Å²) in [4.78, 5) is 0. The summed E-state index contributed by atoms with van der Waals surface area (Å²) in [7, 11) is 0. The molecule has 0 spiro atoms. The first kappa shape index (κ1) is 16.9. The standard InChI is InChI=1S/C12H23N.C2H6/c1-10(2)6-5-7-11(3)8-12(4)9-13;1-2/h10-12H,5-8H2,1-4H3;1-2H3. The van der Waals surface area contributed by atoms with Crippen LogP contribution >= 0.6 is 0 Å². The first-order valence-electron chi connectivity index (χ1n) is 6.45. The van der Waals surface area contributed by atoms with Gasteiger partial charge in [-0.25, -0.2) is 0 Å². The highest BCUT2D eigenvalue weighted by Gasteiger charge is 2.07. The molecule has 0 rings (SSSR count). The lowest BCUT2D eigenvalue weighted by molar-refractivity contribution is 0.407. The molecule has 15 heavy (non-hydrogen) atoms. The van der Waals surface area contributed by atoms with E-state index in [1.165, 1.54) is 19.3 Å². The molecule has 90 valence electrons. The van der Waals surface area contributed by atoms with Crippen molar-refractivity contribution < 1.29 is 0 Å². The van der Waals surface area contributed by atoms with Crippen molar-refractivity contribution in [3.05, 3.63) is 0 Å². The largest absolute Gasteiger partial charge is 0.198 e. The van der Waals surface area contributed by atoms with E-state index >= 15 is 0 Å². The summed E-state index contributed by atoms with van der Waals surface area (Å²) < 4.78 is 0.